The van der Waals surface area contributed by atoms with E-state index >= 15 is 0 Å². The molecule has 1 radical (unpaired) electrons. The van der Waals surface area contributed by atoms with Gasteiger partial charge in [-0.3, -0.25) is 9.89 Å². The van der Waals surface area contributed by atoms with Gasteiger partial charge in [-0.05, 0) is 13.0 Å². The second-order valence-corrected chi connectivity index (χ2v) is 2.26. The van der Waals surface area contributed by atoms with Gasteiger partial charge >= 0.3 is 0 Å². The molecule has 0 spiro atoms. The fourth-order valence-electron chi connectivity index (χ4n) is 0.602. The molecule has 0 saturated carbocycles. The van der Waals surface area contributed by atoms with Gasteiger partial charge in [0, 0.05) is 6.20 Å². The molecule has 10 heavy (non-hydrogen) atoms. The van der Waals surface area contributed by atoms with Crippen LogP contribution in [0.5, 0.6) is 0 Å². The molecule has 4 heteroatoms. The molecule has 1 rings (SSSR count). The molecular formula is C6H8N3O. The molecule has 0 amide bonds. The summed E-state index contributed by atoms with van der Waals surface area (Å²) in [6.07, 6.45) is 3.30. The van der Waals surface area contributed by atoms with Crippen molar-refractivity contribution in [2.75, 3.05) is 0 Å². The summed E-state index contributed by atoms with van der Waals surface area (Å²) in [7, 11) is 0. The zero-order chi connectivity index (χ0) is 7.61. The number of aromatic amines is 1. The number of hydrogen-bond acceptors (Lipinski definition) is 3. The summed E-state index contributed by atoms with van der Waals surface area (Å²) in [6.45, 7) is 1.55. The fraction of sp³-hybridized carbons (Fsp3) is 0.333. The highest BCUT2D eigenvalue weighted by Crippen LogP contribution is 2.09. The van der Waals surface area contributed by atoms with Gasteiger partial charge in [-0.25, -0.2) is 0 Å². The maximum atomic E-state index is 10.2. The summed E-state index contributed by atoms with van der Waals surface area (Å²) < 4.78 is 0. The van der Waals surface area contributed by atoms with E-state index in [4.69, 9.17) is 5.73 Å². The third-order valence-electron chi connectivity index (χ3n) is 1.24. The van der Waals surface area contributed by atoms with E-state index in [0.717, 1.165) is 0 Å². The quantitative estimate of drug-likeness (QED) is 0.589. The largest absolute Gasteiger partial charge is 0.314 e. The smallest absolute Gasteiger partial charge is 0.226 e. The fourth-order valence-corrected chi connectivity index (χ4v) is 0.602. The van der Waals surface area contributed by atoms with Crippen LogP contribution >= 0.6 is 0 Å². The second-order valence-electron chi connectivity index (χ2n) is 2.26. The van der Waals surface area contributed by atoms with Crippen molar-refractivity contribution >= 4 is 6.29 Å². The van der Waals surface area contributed by atoms with Crippen molar-refractivity contribution in [1.82, 2.24) is 10.2 Å². The Balaban J connectivity index is 2.95. The molecule has 1 aromatic heterocycles. The van der Waals surface area contributed by atoms with Crippen LogP contribution in [-0.4, -0.2) is 16.5 Å². The third-order valence-corrected chi connectivity index (χ3v) is 1.24. The monoisotopic (exact) mass is 138 g/mol. The van der Waals surface area contributed by atoms with E-state index in [2.05, 4.69) is 10.2 Å². The van der Waals surface area contributed by atoms with Crippen LogP contribution in [0, 0.1) is 0 Å². The predicted molar refractivity (Wildman–Crippen MR) is 35.8 cm³/mol. The van der Waals surface area contributed by atoms with Crippen LogP contribution in [0.2, 0.25) is 0 Å². The van der Waals surface area contributed by atoms with Crippen molar-refractivity contribution in [3.8, 4) is 0 Å². The summed E-state index contributed by atoms with van der Waals surface area (Å²) in [4.78, 5) is 10.2. The third kappa shape index (κ3) is 1.06. The molecule has 0 aliphatic heterocycles. The van der Waals surface area contributed by atoms with E-state index in [-0.39, 0.29) is 0 Å². The number of aromatic nitrogens is 2. The minimum absolute atomic E-state index is 0.502. The van der Waals surface area contributed by atoms with E-state index in [1.54, 1.807) is 25.5 Å². The molecule has 53 valence electrons. The van der Waals surface area contributed by atoms with Crippen molar-refractivity contribution in [1.29, 1.82) is 0 Å². The van der Waals surface area contributed by atoms with Gasteiger partial charge in [0.15, 0.2) is 0 Å². The molecule has 0 aliphatic carbocycles. The highest BCUT2D eigenvalue weighted by Gasteiger charge is 2.23. The molecule has 1 unspecified atom stereocenters. The Morgan fingerprint density at radius 1 is 1.90 bits per heavy atom. The molecule has 1 aromatic rings. The number of rotatable bonds is 2. The van der Waals surface area contributed by atoms with Crippen molar-refractivity contribution < 1.29 is 4.79 Å². The van der Waals surface area contributed by atoms with Crippen molar-refractivity contribution in [3.63, 3.8) is 0 Å². The van der Waals surface area contributed by atoms with Crippen LogP contribution < -0.4 is 5.73 Å². The van der Waals surface area contributed by atoms with E-state index in [0.29, 0.717) is 5.69 Å². The first-order chi connectivity index (χ1) is 4.67. The Morgan fingerprint density at radius 2 is 2.60 bits per heavy atom. The molecule has 0 aromatic carbocycles. The maximum absolute atomic E-state index is 10.2. The van der Waals surface area contributed by atoms with E-state index in [1.165, 1.54) is 0 Å². The Morgan fingerprint density at radius 3 is 3.00 bits per heavy atom. The van der Waals surface area contributed by atoms with Crippen molar-refractivity contribution in [3.05, 3.63) is 18.0 Å². The first-order valence-electron chi connectivity index (χ1n) is 2.85. The van der Waals surface area contributed by atoms with Gasteiger partial charge < -0.3 is 5.73 Å². The topological polar surface area (TPSA) is 71.8 Å². The molecule has 1 heterocycles. The van der Waals surface area contributed by atoms with E-state index < -0.39 is 5.54 Å². The first kappa shape index (κ1) is 6.95. The van der Waals surface area contributed by atoms with Gasteiger partial charge in [0.05, 0.1) is 5.69 Å². The van der Waals surface area contributed by atoms with Crippen molar-refractivity contribution in [2.24, 2.45) is 5.73 Å². The lowest BCUT2D eigenvalue weighted by molar-refractivity contribution is 0.503. The van der Waals surface area contributed by atoms with Crippen LogP contribution in [0.15, 0.2) is 12.3 Å². The van der Waals surface area contributed by atoms with Crippen LogP contribution in [0.4, 0.5) is 0 Å². The van der Waals surface area contributed by atoms with Gasteiger partial charge in [-0.15, -0.1) is 0 Å². The number of nitrogens with two attached hydrogens (primary N) is 1. The summed E-state index contributed by atoms with van der Waals surface area (Å²) in [5, 5.41) is 6.31. The first-order valence-corrected chi connectivity index (χ1v) is 2.85. The van der Waals surface area contributed by atoms with Crippen LogP contribution in [0.25, 0.3) is 0 Å². The minimum Gasteiger partial charge on any atom is -0.314 e. The molecule has 0 bridgehead atoms. The maximum Gasteiger partial charge on any atom is 0.226 e. The minimum atomic E-state index is -1.08. The summed E-state index contributed by atoms with van der Waals surface area (Å²) in [5.41, 5.74) is 4.89. The predicted octanol–water partition coefficient (Wildman–Crippen LogP) is -0.307. The summed E-state index contributed by atoms with van der Waals surface area (Å²) >= 11 is 0. The number of carbonyl (C=O) groups excluding carboxylic acids is 1. The van der Waals surface area contributed by atoms with E-state index in [1.807, 2.05) is 0 Å². The zero-order valence-electron chi connectivity index (χ0n) is 5.59. The molecule has 3 N–H and O–H groups in total. The zero-order valence-corrected chi connectivity index (χ0v) is 5.59. The van der Waals surface area contributed by atoms with Gasteiger partial charge in [0.25, 0.3) is 0 Å². The lowest BCUT2D eigenvalue weighted by Gasteiger charge is -2.10. The SMILES string of the molecule is CC(N)([C]=O)c1cc[nH]n1. The van der Waals surface area contributed by atoms with E-state index in [9.17, 15) is 4.79 Å². The summed E-state index contributed by atoms with van der Waals surface area (Å²) in [6, 6.07) is 1.64. The number of nitrogens with one attached hydrogen (secondary N) is 1. The van der Waals surface area contributed by atoms with Gasteiger partial charge in [-0.1, -0.05) is 0 Å². The van der Waals surface area contributed by atoms with Crippen LogP contribution in [0.1, 0.15) is 12.6 Å². The van der Waals surface area contributed by atoms with Gasteiger partial charge in [0.2, 0.25) is 6.29 Å². The normalized spacial score (nSPS) is 16.2. The van der Waals surface area contributed by atoms with Gasteiger partial charge in [0.1, 0.15) is 5.54 Å². The van der Waals surface area contributed by atoms with Gasteiger partial charge in [-0.2, -0.15) is 5.10 Å². The molecule has 0 saturated heterocycles. The Kier molecular flexibility index (Phi) is 1.55. The molecular weight excluding hydrogens is 130 g/mol. The average molecular weight is 138 g/mol. The Hall–Kier alpha value is -1.16. The summed E-state index contributed by atoms with van der Waals surface area (Å²) in [5.74, 6) is 0. The lowest BCUT2D eigenvalue weighted by Crippen LogP contribution is -2.34. The average Bonchev–Trinajstić information content (AvgIpc) is 2.38. The number of nitrogens with zero attached hydrogens (tertiary/aromatic N) is 1. The Labute approximate surface area is 58.4 Å². The molecule has 0 fully saturated rings. The highest BCUT2D eigenvalue weighted by atomic mass is 16.1. The van der Waals surface area contributed by atoms with Crippen LogP contribution in [0.3, 0.4) is 0 Å². The van der Waals surface area contributed by atoms with Crippen LogP contribution in [-0.2, 0) is 10.3 Å². The van der Waals surface area contributed by atoms with Crippen molar-refractivity contribution in [2.45, 2.75) is 12.5 Å². The highest BCUT2D eigenvalue weighted by molar-refractivity contribution is 5.66. The molecule has 1 atom stereocenters. The second kappa shape index (κ2) is 2.22. The number of hydrogen-bond donors (Lipinski definition) is 2. The standard InChI is InChI=1S/C6H8N3O/c1-6(7,4-10)5-2-3-8-9-5/h2-3H,7H2,1H3,(H,8,9). The number of H-pyrrole nitrogens is 1. The lowest BCUT2D eigenvalue weighted by atomic mass is 10.0. The molecule has 4 nitrogen and oxygen atoms in total. The molecule has 0 aliphatic rings. The Bertz CT molecular complexity index is 215.